The number of aliphatic hydroxyl groups is 2. The van der Waals surface area contributed by atoms with Gasteiger partial charge >= 0.3 is 0 Å². The second-order valence-corrected chi connectivity index (χ2v) is 8.29. The monoisotopic (exact) mass is 494 g/mol. The first kappa shape index (κ1) is 30.9. The summed E-state index contributed by atoms with van der Waals surface area (Å²) in [6.45, 7) is 15.1. The van der Waals surface area contributed by atoms with Crippen LogP contribution in [0.4, 0.5) is 0 Å². The van der Waals surface area contributed by atoms with E-state index in [4.69, 9.17) is 10.2 Å². The van der Waals surface area contributed by atoms with E-state index < -0.39 is 0 Å². The minimum absolute atomic E-state index is 0. The number of hydrogen-bond acceptors (Lipinski definition) is 2. The summed E-state index contributed by atoms with van der Waals surface area (Å²) in [6, 6.07) is 8.78. The van der Waals surface area contributed by atoms with Crippen LogP contribution in [0.25, 0.3) is 16.9 Å². The van der Waals surface area contributed by atoms with E-state index in [1.54, 1.807) is 0 Å². The topological polar surface area (TPSA) is 65.8 Å². The fourth-order valence-electron chi connectivity index (χ4n) is 3.98. The summed E-state index contributed by atoms with van der Waals surface area (Å²) in [7, 11) is 2.00. The van der Waals surface area contributed by atoms with Crippen LogP contribution in [0, 0.1) is 41.5 Å². The largest absolute Gasteiger partial charge is 0.493 e. The van der Waals surface area contributed by atoms with Gasteiger partial charge in [-0.3, -0.25) is 0 Å². The second-order valence-electron chi connectivity index (χ2n) is 8.29. The number of aliphatic hydroxyl groups excluding tert-OH is 2. The number of allylic oxidation sites excluding steroid dienone is 2. The summed E-state index contributed by atoms with van der Waals surface area (Å²) in [5.41, 5.74) is 24.1. The number of unbranched alkanes of at least 4 members (excludes halogenated alkanes) is 1. The molecule has 1 aliphatic rings. The van der Waals surface area contributed by atoms with Gasteiger partial charge in [0, 0.05) is 53.5 Å². The summed E-state index contributed by atoms with van der Waals surface area (Å²) in [5, 5.41) is 14.0. The minimum atomic E-state index is 0. The average Bonchev–Trinajstić information content (AvgIpc) is 3.12. The first-order chi connectivity index (χ1) is 15.2. The van der Waals surface area contributed by atoms with E-state index in [0.29, 0.717) is 0 Å². The quantitative estimate of drug-likeness (QED) is 0.356. The molecule has 0 saturated carbocycles. The standard InChI is InChI=1S/C26H32N2.2CH4O.Ni/c1-8-9-10-22-15-25(23-11-16(2)20(6)17(3)12-23)28(27)26(22)24-13-18(4)21(7)19(5)14-24;2*1-2;/h11-15H,8-10H2,1-7H3;2*2H,1H3;. The van der Waals surface area contributed by atoms with Gasteiger partial charge in [-0.2, -0.15) is 0 Å². The van der Waals surface area contributed by atoms with E-state index in [2.05, 4.69) is 78.8 Å². The zero-order valence-electron chi connectivity index (χ0n) is 21.6. The van der Waals surface area contributed by atoms with Crippen molar-refractivity contribution in [2.75, 3.05) is 14.2 Å². The normalized spacial score (nSPS) is 12.3. The Morgan fingerprint density at radius 1 is 0.727 bits per heavy atom. The zero-order valence-corrected chi connectivity index (χ0v) is 22.6. The van der Waals surface area contributed by atoms with Crippen LogP contribution < -0.4 is 0 Å². The second kappa shape index (κ2) is 14.3. The van der Waals surface area contributed by atoms with Crippen molar-refractivity contribution < 1.29 is 31.4 Å². The summed E-state index contributed by atoms with van der Waals surface area (Å²) in [6.07, 6.45) is 5.41. The number of hydrogen-bond donors (Lipinski definition) is 2. The summed E-state index contributed by atoms with van der Waals surface area (Å²) in [5.74, 6) is 0. The zero-order chi connectivity index (χ0) is 24.6. The Balaban J connectivity index is 0.00000194. The fourth-order valence-corrected chi connectivity index (χ4v) is 3.98. The van der Waals surface area contributed by atoms with Gasteiger partial charge in [0.1, 0.15) is 0 Å². The van der Waals surface area contributed by atoms with Crippen LogP contribution in [-0.4, -0.2) is 29.1 Å². The molecule has 2 aromatic rings. The Bertz CT molecular complexity index is 990. The number of rotatable bonds is 5. The molecule has 0 aliphatic carbocycles. The first-order valence-corrected chi connectivity index (χ1v) is 11.2. The molecule has 0 radical (unpaired) electrons. The molecule has 0 fully saturated rings. The van der Waals surface area contributed by atoms with Crippen molar-refractivity contribution in [3.05, 3.63) is 86.0 Å². The van der Waals surface area contributed by atoms with E-state index >= 15 is 0 Å². The van der Waals surface area contributed by atoms with E-state index in [0.717, 1.165) is 56.0 Å². The van der Waals surface area contributed by atoms with Crippen molar-refractivity contribution in [3.8, 4) is 0 Å². The van der Waals surface area contributed by atoms with Gasteiger partial charge in [0.2, 0.25) is 11.4 Å². The Morgan fingerprint density at radius 3 is 1.52 bits per heavy atom. The van der Waals surface area contributed by atoms with Crippen LogP contribution in [0.2, 0.25) is 0 Å². The Kier molecular flexibility index (Phi) is 13.4. The van der Waals surface area contributed by atoms with E-state index in [1.165, 1.54) is 43.7 Å². The van der Waals surface area contributed by atoms with Crippen molar-refractivity contribution in [3.63, 3.8) is 0 Å². The van der Waals surface area contributed by atoms with Crippen molar-refractivity contribution in [1.29, 1.82) is 0 Å². The molecule has 0 amide bonds. The summed E-state index contributed by atoms with van der Waals surface area (Å²) >= 11 is 0. The molecular formula is C28H40N2NiO2. The Hall–Kier alpha value is -2.07. The van der Waals surface area contributed by atoms with Gasteiger partial charge in [-0.05, 0) is 112 Å². The van der Waals surface area contributed by atoms with Gasteiger partial charge < -0.3 is 15.7 Å². The molecule has 0 bridgehead atoms. The van der Waals surface area contributed by atoms with Gasteiger partial charge in [-0.25, -0.2) is 4.70 Å². The molecule has 0 atom stereocenters. The van der Waals surface area contributed by atoms with Gasteiger partial charge in [0.05, 0.1) is 0 Å². The van der Waals surface area contributed by atoms with E-state index in [9.17, 15) is 5.53 Å². The van der Waals surface area contributed by atoms with Crippen molar-refractivity contribution in [2.24, 2.45) is 0 Å². The molecule has 3 rings (SSSR count). The molecule has 0 aromatic heterocycles. The number of aryl methyl sites for hydroxylation is 4. The number of benzene rings is 2. The molecule has 1 heterocycles. The van der Waals surface area contributed by atoms with Gasteiger partial charge in [0.15, 0.2) is 0 Å². The maximum absolute atomic E-state index is 11.2. The molecule has 1 aliphatic heterocycles. The predicted molar refractivity (Wildman–Crippen MR) is 136 cm³/mol. The number of nitrogens with zero attached hydrogens (tertiary/aromatic N) is 2. The minimum Gasteiger partial charge on any atom is -0.493 e. The van der Waals surface area contributed by atoms with Crippen LogP contribution in [0.15, 0.2) is 35.9 Å². The molecule has 2 aromatic carbocycles. The van der Waals surface area contributed by atoms with Gasteiger partial charge in [-0.1, -0.05) is 13.3 Å². The van der Waals surface area contributed by atoms with Crippen molar-refractivity contribution in [2.45, 2.75) is 67.7 Å². The van der Waals surface area contributed by atoms with Gasteiger partial charge in [0.25, 0.3) is 0 Å². The predicted octanol–water partition coefficient (Wildman–Crippen LogP) is 6.74. The fraction of sp³-hybridized carbons (Fsp3) is 0.429. The molecule has 2 N–H and O–H groups in total. The molecule has 0 unspecified atom stereocenters. The Labute approximate surface area is 210 Å². The molecule has 0 saturated heterocycles. The summed E-state index contributed by atoms with van der Waals surface area (Å²) in [4.78, 5) is 0. The SMILES string of the molecule is CCCCC1=C(c2cc(C)c(C)c(C)c2)[N+](=[N-])C(c2cc(C)c(C)c(C)c2)=C1.CO.CO.[Ni]. The van der Waals surface area contributed by atoms with E-state index in [-0.39, 0.29) is 16.5 Å². The van der Waals surface area contributed by atoms with Crippen LogP contribution in [0.1, 0.15) is 70.7 Å². The third-order valence-corrected chi connectivity index (χ3v) is 6.28. The molecule has 0 spiro atoms. The van der Waals surface area contributed by atoms with Crippen LogP contribution in [0.5, 0.6) is 0 Å². The molecule has 184 valence electrons. The van der Waals surface area contributed by atoms with Crippen LogP contribution in [0.3, 0.4) is 0 Å². The van der Waals surface area contributed by atoms with E-state index in [1.807, 2.05) is 0 Å². The van der Waals surface area contributed by atoms with Crippen LogP contribution >= 0.6 is 0 Å². The van der Waals surface area contributed by atoms with Crippen molar-refractivity contribution >= 4 is 11.4 Å². The van der Waals surface area contributed by atoms with Gasteiger partial charge in [-0.15, -0.1) is 0 Å². The van der Waals surface area contributed by atoms with Crippen LogP contribution in [-0.2, 0) is 16.5 Å². The molecule has 33 heavy (non-hydrogen) atoms. The maximum atomic E-state index is 11.2. The average molecular weight is 495 g/mol. The molecule has 4 nitrogen and oxygen atoms in total. The molecular weight excluding hydrogens is 455 g/mol. The first-order valence-electron chi connectivity index (χ1n) is 11.2. The van der Waals surface area contributed by atoms with Crippen molar-refractivity contribution in [1.82, 2.24) is 0 Å². The smallest absolute Gasteiger partial charge is 0.210 e. The Morgan fingerprint density at radius 2 is 1.12 bits per heavy atom. The summed E-state index contributed by atoms with van der Waals surface area (Å²) < 4.78 is 1.41. The molecule has 5 heteroatoms. The third-order valence-electron chi connectivity index (χ3n) is 6.28. The third kappa shape index (κ3) is 6.96. The maximum Gasteiger partial charge on any atom is 0.210 e.